The van der Waals surface area contributed by atoms with E-state index in [4.69, 9.17) is 25.4 Å². The molecule has 1 aliphatic rings. The Kier molecular flexibility index (Phi) is 6.13. The summed E-state index contributed by atoms with van der Waals surface area (Å²) < 4.78 is 15.2. The summed E-state index contributed by atoms with van der Waals surface area (Å²) in [6.07, 6.45) is 2.87. The quantitative estimate of drug-likeness (QED) is 0.401. The number of aliphatic imine (C=N–C) groups is 1. The molecule has 1 unspecified atom stereocenters. The van der Waals surface area contributed by atoms with Crippen LogP contribution in [-0.4, -0.2) is 39.7 Å². The molecule has 1 amide bonds. The third-order valence-electron chi connectivity index (χ3n) is 5.00. The predicted molar refractivity (Wildman–Crippen MR) is 125 cm³/mol. The number of carbonyl (C=O) groups excluding carboxylic acids is 1. The molecule has 10 nitrogen and oxygen atoms in total. The number of halogens is 1. The van der Waals surface area contributed by atoms with Crippen molar-refractivity contribution in [1.29, 1.82) is 0 Å². The van der Waals surface area contributed by atoms with Crippen molar-refractivity contribution in [3.05, 3.63) is 83.8 Å². The molecule has 2 N–H and O–H groups in total. The van der Waals surface area contributed by atoms with E-state index in [1.165, 1.54) is 12.5 Å². The number of anilines is 2. The molecule has 0 saturated heterocycles. The summed E-state index contributed by atoms with van der Waals surface area (Å²) in [6.45, 7) is 0.546. The Bertz CT molecular complexity index is 1260. The molecule has 1 atom stereocenters. The zero-order valence-corrected chi connectivity index (χ0v) is 18.5. The smallest absolute Gasteiger partial charge is 0.259 e. The Balaban J connectivity index is 1.34. The van der Waals surface area contributed by atoms with Crippen molar-refractivity contribution in [2.75, 3.05) is 17.2 Å². The lowest BCUT2D eigenvalue weighted by molar-refractivity contribution is -0.129. The number of guanidine groups is 1. The number of rotatable bonds is 7. The Hall–Kier alpha value is -4.31. The molecule has 0 spiro atoms. The molecule has 3 heterocycles. The van der Waals surface area contributed by atoms with Crippen LogP contribution in [0.25, 0.3) is 0 Å². The normalized spacial score (nSPS) is 15.7. The van der Waals surface area contributed by atoms with Gasteiger partial charge in [-0.05, 0) is 47.1 Å². The maximum atomic E-state index is 13.4. The first-order valence-corrected chi connectivity index (χ1v) is 10.7. The summed E-state index contributed by atoms with van der Waals surface area (Å²) in [4.78, 5) is 19.6. The Labute approximate surface area is 199 Å². The van der Waals surface area contributed by atoms with Crippen LogP contribution in [0, 0.1) is 0 Å². The molecule has 0 bridgehead atoms. The van der Waals surface area contributed by atoms with Crippen molar-refractivity contribution in [1.82, 2.24) is 15.2 Å². The number of nitrogens with zero attached hydrogens (tertiary/aromatic N) is 4. The van der Waals surface area contributed by atoms with Crippen molar-refractivity contribution in [3.63, 3.8) is 0 Å². The zero-order chi connectivity index (χ0) is 23.3. The van der Waals surface area contributed by atoms with Gasteiger partial charge in [0.1, 0.15) is 24.3 Å². The van der Waals surface area contributed by atoms with Gasteiger partial charge in [-0.25, -0.2) is 4.99 Å². The fourth-order valence-corrected chi connectivity index (χ4v) is 3.48. The van der Waals surface area contributed by atoms with E-state index >= 15 is 0 Å². The van der Waals surface area contributed by atoms with Crippen LogP contribution < -0.4 is 15.4 Å². The number of nitrogens with one attached hydrogen (secondary N) is 2. The van der Waals surface area contributed by atoms with Crippen LogP contribution in [0.2, 0.25) is 5.02 Å². The van der Waals surface area contributed by atoms with Crippen LogP contribution in [0.15, 0.2) is 87.2 Å². The van der Waals surface area contributed by atoms with Crippen molar-refractivity contribution < 1.29 is 18.6 Å². The van der Waals surface area contributed by atoms with Gasteiger partial charge in [0, 0.05) is 22.8 Å². The number of amides is 1. The first-order valence-electron chi connectivity index (χ1n) is 10.4. The second-order valence-corrected chi connectivity index (χ2v) is 7.82. The molecule has 11 heteroatoms. The molecule has 34 heavy (non-hydrogen) atoms. The van der Waals surface area contributed by atoms with E-state index in [0.717, 1.165) is 11.3 Å². The van der Waals surface area contributed by atoms with E-state index in [1.54, 1.807) is 41.3 Å². The molecule has 0 aliphatic carbocycles. The van der Waals surface area contributed by atoms with Gasteiger partial charge >= 0.3 is 0 Å². The maximum Gasteiger partial charge on any atom is 0.259 e. The number of ether oxygens (including phenoxy) is 1. The fourth-order valence-electron chi connectivity index (χ4n) is 3.35. The second kappa shape index (κ2) is 9.67. The lowest BCUT2D eigenvalue weighted by atomic mass is 10.1. The van der Waals surface area contributed by atoms with Gasteiger partial charge in [-0.2, -0.15) is 0 Å². The molecule has 1 aliphatic heterocycles. The largest absolute Gasteiger partial charge is 0.436 e. The standard InChI is InChI=1S/C23H19ClN6O4/c24-16-3-1-15(2-4-16)14-30-22(31)19(27-20-9-11-32-28-20)13-25-23(30)26-17-5-7-18(8-6-17)34-21-10-12-33-29-21/h1-12,19H,13-14H2,(H,25,26)(H,27,28). The van der Waals surface area contributed by atoms with Gasteiger partial charge in [0.05, 0.1) is 13.1 Å². The van der Waals surface area contributed by atoms with Gasteiger partial charge in [0.2, 0.25) is 5.96 Å². The van der Waals surface area contributed by atoms with E-state index in [9.17, 15) is 4.79 Å². The number of aromatic nitrogens is 2. The highest BCUT2D eigenvalue weighted by Gasteiger charge is 2.32. The van der Waals surface area contributed by atoms with Crippen molar-refractivity contribution in [2.24, 2.45) is 4.99 Å². The van der Waals surface area contributed by atoms with Gasteiger partial charge in [0.15, 0.2) is 5.82 Å². The maximum absolute atomic E-state index is 13.4. The average Bonchev–Trinajstić information content (AvgIpc) is 3.55. The highest BCUT2D eigenvalue weighted by Crippen LogP contribution is 2.23. The molecule has 4 aromatic rings. The first-order chi connectivity index (χ1) is 16.6. The van der Waals surface area contributed by atoms with Crippen molar-refractivity contribution in [2.45, 2.75) is 12.6 Å². The molecule has 0 radical (unpaired) electrons. The SMILES string of the molecule is O=C1C(Nc2ccon2)CN=C(Nc2ccc(Oc3ccon3)cc2)N1Cc1ccc(Cl)cc1. The Morgan fingerprint density at radius 3 is 2.47 bits per heavy atom. The van der Waals surface area contributed by atoms with E-state index in [0.29, 0.717) is 35.0 Å². The van der Waals surface area contributed by atoms with Crippen LogP contribution >= 0.6 is 11.6 Å². The lowest BCUT2D eigenvalue weighted by Gasteiger charge is -2.32. The zero-order valence-electron chi connectivity index (χ0n) is 17.7. The molecular formula is C23H19ClN6O4. The predicted octanol–water partition coefficient (Wildman–Crippen LogP) is 4.40. The molecular weight excluding hydrogens is 460 g/mol. The number of hydrogen-bond acceptors (Lipinski definition) is 9. The monoisotopic (exact) mass is 478 g/mol. The average molecular weight is 479 g/mol. The third-order valence-corrected chi connectivity index (χ3v) is 5.26. The summed E-state index contributed by atoms with van der Waals surface area (Å²) in [6, 6.07) is 17.2. The molecule has 2 aromatic carbocycles. The van der Waals surface area contributed by atoms with E-state index < -0.39 is 6.04 Å². The molecule has 2 aromatic heterocycles. The summed E-state index contributed by atoms with van der Waals surface area (Å²) in [7, 11) is 0. The van der Waals surface area contributed by atoms with Gasteiger partial charge in [0.25, 0.3) is 11.8 Å². The minimum absolute atomic E-state index is 0.151. The van der Waals surface area contributed by atoms with E-state index in [-0.39, 0.29) is 12.5 Å². The highest BCUT2D eigenvalue weighted by molar-refractivity contribution is 6.30. The summed E-state index contributed by atoms with van der Waals surface area (Å²) in [5.74, 6) is 1.71. The van der Waals surface area contributed by atoms with Crippen molar-refractivity contribution in [3.8, 4) is 11.6 Å². The number of hydrogen-bond donors (Lipinski definition) is 2. The number of carbonyl (C=O) groups is 1. The van der Waals surface area contributed by atoms with Gasteiger partial charge in [-0.15, -0.1) is 0 Å². The third kappa shape index (κ3) is 5.02. The highest BCUT2D eigenvalue weighted by atomic mass is 35.5. The van der Waals surface area contributed by atoms with E-state index in [1.807, 2.05) is 24.3 Å². The Morgan fingerprint density at radius 1 is 1.00 bits per heavy atom. The Morgan fingerprint density at radius 2 is 1.76 bits per heavy atom. The molecule has 0 saturated carbocycles. The van der Waals surface area contributed by atoms with Crippen LogP contribution in [-0.2, 0) is 11.3 Å². The van der Waals surface area contributed by atoms with Gasteiger partial charge in [-0.1, -0.05) is 28.9 Å². The molecule has 0 fully saturated rings. The van der Waals surface area contributed by atoms with Crippen LogP contribution in [0.1, 0.15) is 5.56 Å². The fraction of sp³-hybridized carbons (Fsp3) is 0.130. The van der Waals surface area contributed by atoms with E-state index in [2.05, 4.69) is 25.9 Å². The minimum atomic E-state index is -0.582. The lowest BCUT2D eigenvalue weighted by Crippen LogP contribution is -2.53. The van der Waals surface area contributed by atoms with Crippen LogP contribution in [0.3, 0.4) is 0 Å². The van der Waals surface area contributed by atoms with Crippen LogP contribution in [0.4, 0.5) is 11.5 Å². The van der Waals surface area contributed by atoms with Crippen LogP contribution in [0.5, 0.6) is 11.6 Å². The summed E-state index contributed by atoms with van der Waals surface area (Å²) >= 11 is 6.02. The second-order valence-electron chi connectivity index (χ2n) is 7.39. The summed E-state index contributed by atoms with van der Waals surface area (Å²) in [5, 5.41) is 14.5. The summed E-state index contributed by atoms with van der Waals surface area (Å²) in [5.41, 5.74) is 1.65. The van der Waals surface area contributed by atoms with Crippen molar-refractivity contribution >= 4 is 35.0 Å². The minimum Gasteiger partial charge on any atom is -0.436 e. The first kappa shape index (κ1) is 21.5. The molecule has 5 rings (SSSR count). The van der Waals surface area contributed by atoms with Gasteiger partial charge < -0.3 is 24.4 Å². The molecule has 172 valence electrons. The van der Waals surface area contributed by atoms with Gasteiger partial charge in [-0.3, -0.25) is 9.69 Å². The number of benzene rings is 2. The topological polar surface area (TPSA) is 118 Å².